The Hall–Kier alpha value is -1.88. The van der Waals surface area contributed by atoms with Gasteiger partial charge in [0, 0.05) is 16.5 Å². The maximum atomic E-state index is 11.7. The molecular formula is C14H14ClN3O2. The maximum absolute atomic E-state index is 11.7. The summed E-state index contributed by atoms with van der Waals surface area (Å²) in [6, 6.07) is 6.90. The number of hydrogen-bond acceptors (Lipinski definition) is 4. The molecule has 1 aromatic heterocycles. The van der Waals surface area contributed by atoms with Gasteiger partial charge in [0.1, 0.15) is 6.04 Å². The zero-order valence-corrected chi connectivity index (χ0v) is 11.7. The minimum atomic E-state index is -0.281. The van der Waals surface area contributed by atoms with E-state index in [2.05, 4.69) is 15.5 Å². The number of aromatic nitrogens is 2. The van der Waals surface area contributed by atoms with Crippen molar-refractivity contribution in [2.45, 2.75) is 25.8 Å². The smallest absolute Gasteiger partial charge is 0.249 e. The van der Waals surface area contributed by atoms with Crippen molar-refractivity contribution < 1.29 is 9.32 Å². The van der Waals surface area contributed by atoms with E-state index in [-0.39, 0.29) is 17.9 Å². The molecule has 0 aliphatic heterocycles. The summed E-state index contributed by atoms with van der Waals surface area (Å²) in [5.74, 6) is 1.12. The number of halogens is 1. The van der Waals surface area contributed by atoms with Crippen LogP contribution in [0.5, 0.6) is 0 Å². The Labute approximate surface area is 121 Å². The van der Waals surface area contributed by atoms with E-state index in [0.29, 0.717) is 16.7 Å². The summed E-state index contributed by atoms with van der Waals surface area (Å²) in [6.07, 6.45) is 1.94. The van der Waals surface area contributed by atoms with Crippen molar-refractivity contribution in [1.82, 2.24) is 15.5 Å². The molecule has 1 aliphatic carbocycles. The van der Waals surface area contributed by atoms with Gasteiger partial charge in [0.25, 0.3) is 0 Å². The lowest BCUT2D eigenvalue weighted by Crippen LogP contribution is -2.28. The van der Waals surface area contributed by atoms with Gasteiger partial charge in [0.2, 0.25) is 17.6 Å². The molecule has 0 spiro atoms. The van der Waals surface area contributed by atoms with Crippen molar-refractivity contribution in [3.8, 4) is 11.4 Å². The molecule has 6 heteroatoms. The molecule has 0 radical (unpaired) electrons. The van der Waals surface area contributed by atoms with Gasteiger partial charge in [0.05, 0.1) is 0 Å². The number of amides is 1. The second-order valence-electron chi connectivity index (χ2n) is 4.97. The van der Waals surface area contributed by atoms with Crippen LogP contribution >= 0.6 is 11.6 Å². The van der Waals surface area contributed by atoms with Crippen molar-refractivity contribution in [3.05, 3.63) is 35.2 Å². The number of hydrogen-bond donors (Lipinski definition) is 1. The second kappa shape index (κ2) is 5.25. The molecule has 5 nitrogen and oxygen atoms in total. The highest BCUT2D eigenvalue weighted by Crippen LogP contribution is 2.29. The van der Waals surface area contributed by atoms with E-state index >= 15 is 0 Å². The summed E-state index contributed by atoms with van der Waals surface area (Å²) in [4.78, 5) is 16.0. The van der Waals surface area contributed by atoms with Crippen molar-refractivity contribution >= 4 is 17.5 Å². The average molecular weight is 292 g/mol. The van der Waals surface area contributed by atoms with Crippen LogP contribution in [0.15, 0.2) is 28.8 Å². The van der Waals surface area contributed by atoms with Crippen LogP contribution in [-0.2, 0) is 4.79 Å². The summed E-state index contributed by atoms with van der Waals surface area (Å²) >= 11 is 5.84. The van der Waals surface area contributed by atoms with Crippen LogP contribution in [0.4, 0.5) is 0 Å². The number of nitrogens with zero attached hydrogens (tertiary/aromatic N) is 2. The molecule has 104 valence electrons. The second-order valence-corrected chi connectivity index (χ2v) is 5.40. The van der Waals surface area contributed by atoms with Crippen LogP contribution in [-0.4, -0.2) is 16.0 Å². The van der Waals surface area contributed by atoms with Gasteiger partial charge in [-0.15, -0.1) is 0 Å². The number of rotatable bonds is 4. The quantitative estimate of drug-likeness (QED) is 0.940. The van der Waals surface area contributed by atoms with Gasteiger partial charge in [-0.25, -0.2) is 0 Å². The van der Waals surface area contributed by atoms with Gasteiger partial charge in [-0.3, -0.25) is 4.79 Å². The normalized spacial score (nSPS) is 15.9. The molecule has 20 heavy (non-hydrogen) atoms. The Morgan fingerprint density at radius 1 is 1.40 bits per heavy atom. The van der Waals surface area contributed by atoms with Crippen LogP contribution in [0.2, 0.25) is 5.02 Å². The summed E-state index contributed by atoms with van der Waals surface area (Å²) in [5, 5.41) is 7.46. The molecule has 1 aliphatic rings. The predicted octanol–water partition coefficient (Wildman–Crippen LogP) is 2.98. The van der Waals surface area contributed by atoms with Crippen molar-refractivity contribution in [1.29, 1.82) is 0 Å². The molecule has 1 atom stereocenters. The molecule has 1 unspecified atom stereocenters. The van der Waals surface area contributed by atoms with Gasteiger partial charge in [0.15, 0.2) is 0 Å². The molecule has 1 fully saturated rings. The fourth-order valence-electron chi connectivity index (χ4n) is 1.87. The lowest BCUT2D eigenvalue weighted by Gasteiger charge is -2.08. The van der Waals surface area contributed by atoms with E-state index in [0.717, 1.165) is 18.4 Å². The zero-order valence-electron chi connectivity index (χ0n) is 11.0. The Bertz CT molecular complexity index is 620. The zero-order chi connectivity index (χ0) is 14.1. The fraction of sp³-hybridized carbons (Fsp3) is 0.357. The number of carbonyl (C=O) groups excluding carboxylic acids is 1. The molecule has 0 bridgehead atoms. The van der Waals surface area contributed by atoms with E-state index in [4.69, 9.17) is 16.1 Å². The van der Waals surface area contributed by atoms with E-state index in [1.165, 1.54) is 0 Å². The standard InChI is InChI=1S/C14H14ClN3O2/c1-8(16-13(19)10-2-3-10)14-17-12(18-20-14)9-4-6-11(15)7-5-9/h4-8,10H,2-3H2,1H3,(H,16,19). The van der Waals surface area contributed by atoms with Gasteiger partial charge in [-0.05, 0) is 44.0 Å². The number of benzene rings is 1. The Morgan fingerprint density at radius 3 is 2.75 bits per heavy atom. The van der Waals surface area contributed by atoms with E-state index < -0.39 is 0 Å². The SMILES string of the molecule is CC(NC(=O)C1CC1)c1nc(-c2ccc(Cl)cc2)no1. The third-order valence-corrected chi connectivity index (χ3v) is 3.47. The molecule has 1 heterocycles. The Morgan fingerprint density at radius 2 is 2.10 bits per heavy atom. The number of nitrogens with one attached hydrogen (secondary N) is 1. The van der Waals surface area contributed by atoms with Crippen LogP contribution in [0.1, 0.15) is 31.7 Å². The van der Waals surface area contributed by atoms with E-state index in [1.54, 1.807) is 12.1 Å². The van der Waals surface area contributed by atoms with E-state index in [1.807, 2.05) is 19.1 Å². The monoisotopic (exact) mass is 291 g/mol. The molecule has 1 saturated carbocycles. The third kappa shape index (κ3) is 2.82. The van der Waals surface area contributed by atoms with Crippen LogP contribution < -0.4 is 5.32 Å². The highest BCUT2D eigenvalue weighted by Gasteiger charge is 2.31. The van der Waals surface area contributed by atoms with Gasteiger partial charge in [-0.1, -0.05) is 16.8 Å². The lowest BCUT2D eigenvalue weighted by molar-refractivity contribution is -0.123. The summed E-state index contributed by atoms with van der Waals surface area (Å²) in [6.45, 7) is 1.83. The van der Waals surface area contributed by atoms with E-state index in [9.17, 15) is 4.79 Å². The first-order valence-corrected chi connectivity index (χ1v) is 6.91. The van der Waals surface area contributed by atoms with Gasteiger partial charge < -0.3 is 9.84 Å². The van der Waals surface area contributed by atoms with Gasteiger partial charge >= 0.3 is 0 Å². The first kappa shape index (κ1) is 13.1. The van der Waals surface area contributed by atoms with Gasteiger partial charge in [-0.2, -0.15) is 4.98 Å². The first-order chi connectivity index (χ1) is 9.63. The highest BCUT2D eigenvalue weighted by molar-refractivity contribution is 6.30. The Kier molecular flexibility index (Phi) is 3.44. The molecule has 0 saturated heterocycles. The number of carbonyl (C=O) groups is 1. The summed E-state index contributed by atoms with van der Waals surface area (Å²) in [7, 11) is 0. The minimum Gasteiger partial charge on any atom is -0.344 e. The van der Waals surface area contributed by atoms with Crippen LogP contribution in [0, 0.1) is 5.92 Å². The molecule has 3 rings (SSSR count). The van der Waals surface area contributed by atoms with Crippen LogP contribution in [0.25, 0.3) is 11.4 Å². The lowest BCUT2D eigenvalue weighted by atomic mass is 10.2. The fourth-order valence-corrected chi connectivity index (χ4v) is 1.99. The Balaban J connectivity index is 1.72. The molecular weight excluding hydrogens is 278 g/mol. The van der Waals surface area contributed by atoms with Crippen molar-refractivity contribution in [2.75, 3.05) is 0 Å². The maximum Gasteiger partial charge on any atom is 0.249 e. The highest BCUT2D eigenvalue weighted by atomic mass is 35.5. The summed E-state index contributed by atoms with van der Waals surface area (Å²) < 4.78 is 5.20. The minimum absolute atomic E-state index is 0.0590. The molecule has 1 amide bonds. The topological polar surface area (TPSA) is 68.0 Å². The first-order valence-electron chi connectivity index (χ1n) is 6.53. The predicted molar refractivity (Wildman–Crippen MR) is 74.0 cm³/mol. The average Bonchev–Trinajstić information content (AvgIpc) is 3.17. The largest absolute Gasteiger partial charge is 0.344 e. The van der Waals surface area contributed by atoms with Crippen molar-refractivity contribution in [3.63, 3.8) is 0 Å². The molecule has 1 N–H and O–H groups in total. The molecule has 2 aromatic rings. The van der Waals surface area contributed by atoms with Crippen LogP contribution in [0.3, 0.4) is 0 Å². The third-order valence-electron chi connectivity index (χ3n) is 3.22. The summed E-state index contributed by atoms with van der Waals surface area (Å²) in [5.41, 5.74) is 0.824. The molecule has 1 aromatic carbocycles. The van der Waals surface area contributed by atoms with Crippen molar-refractivity contribution in [2.24, 2.45) is 5.92 Å².